The number of nitrogens with zero attached hydrogens (tertiary/aromatic N) is 3. The molecule has 5 nitrogen and oxygen atoms in total. The van der Waals surface area contributed by atoms with Crippen molar-refractivity contribution >= 4 is 22.4 Å². The van der Waals surface area contributed by atoms with Crippen molar-refractivity contribution in [3.05, 3.63) is 11.1 Å². The van der Waals surface area contributed by atoms with Gasteiger partial charge in [0.15, 0.2) is 5.13 Å². The van der Waals surface area contributed by atoms with Crippen molar-refractivity contribution in [2.75, 3.05) is 32.1 Å². The first kappa shape index (κ1) is 15.3. The Labute approximate surface area is 124 Å². The molecule has 1 fully saturated rings. The van der Waals surface area contributed by atoms with E-state index in [1.54, 1.807) is 25.2 Å². The number of aliphatic carboxylic acids is 1. The number of piperidine rings is 1. The van der Waals surface area contributed by atoms with E-state index < -0.39 is 11.4 Å². The van der Waals surface area contributed by atoms with E-state index in [-0.39, 0.29) is 0 Å². The minimum Gasteiger partial charge on any atom is -0.481 e. The number of aromatic nitrogens is 1. The van der Waals surface area contributed by atoms with Crippen molar-refractivity contribution in [3.63, 3.8) is 0 Å². The molecule has 0 aromatic carbocycles. The van der Waals surface area contributed by atoms with E-state index in [4.69, 9.17) is 0 Å². The van der Waals surface area contributed by atoms with Gasteiger partial charge >= 0.3 is 5.97 Å². The van der Waals surface area contributed by atoms with Crippen molar-refractivity contribution in [1.82, 2.24) is 9.88 Å². The van der Waals surface area contributed by atoms with Gasteiger partial charge in [-0.3, -0.25) is 4.79 Å². The molecule has 0 radical (unpaired) electrons. The summed E-state index contributed by atoms with van der Waals surface area (Å²) in [7, 11) is 4.24. The van der Waals surface area contributed by atoms with E-state index in [2.05, 4.69) is 28.9 Å². The van der Waals surface area contributed by atoms with Gasteiger partial charge in [0.1, 0.15) is 5.41 Å². The van der Waals surface area contributed by atoms with Crippen LogP contribution in [0.5, 0.6) is 0 Å². The number of carboxylic acids is 1. The average Bonchev–Trinajstić information content (AvgIpc) is 2.88. The normalized spacial score (nSPS) is 17.8. The fraction of sp³-hybridized carbons (Fsp3) is 0.714. The number of anilines is 1. The fourth-order valence-electron chi connectivity index (χ4n) is 2.38. The number of hydrogen-bond acceptors (Lipinski definition) is 5. The van der Waals surface area contributed by atoms with Crippen molar-refractivity contribution in [2.45, 2.75) is 38.1 Å². The fourth-order valence-corrected chi connectivity index (χ4v) is 3.43. The van der Waals surface area contributed by atoms with E-state index in [9.17, 15) is 9.90 Å². The number of thiazole rings is 1. The highest BCUT2D eigenvalue weighted by Gasteiger charge is 2.33. The molecule has 112 valence electrons. The number of hydrogen-bond donors (Lipinski definition) is 1. The maximum atomic E-state index is 11.3. The van der Waals surface area contributed by atoms with E-state index in [0.717, 1.165) is 31.1 Å². The molecule has 0 aliphatic carbocycles. The third-order valence-corrected chi connectivity index (χ3v) is 5.03. The largest absolute Gasteiger partial charge is 0.481 e. The highest BCUT2D eigenvalue weighted by molar-refractivity contribution is 7.13. The van der Waals surface area contributed by atoms with E-state index in [1.807, 2.05) is 5.38 Å². The summed E-state index contributed by atoms with van der Waals surface area (Å²) in [5.74, 6) is -0.833. The van der Waals surface area contributed by atoms with Crippen molar-refractivity contribution in [2.24, 2.45) is 0 Å². The predicted octanol–water partition coefficient (Wildman–Crippen LogP) is 2.04. The summed E-state index contributed by atoms with van der Waals surface area (Å²) in [5.41, 5.74) is -0.267. The predicted molar refractivity (Wildman–Crippen MR) is 81.7 cm³/mol. The summed E-state index contributed by atoms with van der Waals surface area (Å²) in [5, 5.41) is 12.1. The van der Waals surface area contributed by atoms with Crippen LogP contribution in [0.3, 0.4) is 0 Å². The smallest absolute Gasteiger partial charge is 0.315 e. The molecule has 1 aromatic rings. The van der Waals surface area contributed by atoms with Crippen LogP contribution in [0, 0.1) is 0 Å². The Hall–Kier alpha value is -1.14. The molecule has 1 saturated heterocycles. The first-order valence-electron chi connectivity index (χ1n) is 6.93. The van der Waals surface area contributed by atoms with E-state index >= 15 is 0 Å². The first-order chi connectivity index (χ1) is 9.32. The van der Waals surface area contributed by atoms with Crippen LogP contribution >= 0.6 is 11.3 Å². The summed E-state index contributed by atoms with van der Waals surface area (Å²) in [6.07, 6.45) is 2.26. The standard InChI is InChI=1S/C14H23N3O2S/c1-14(2,12(18)19)11-9-20-13(15-11)17-7-5-10(6-8-17)16(3)4/h9-10H,5-8H2,1-4H3,(H,18,19). The molecule has 0 bridgehead atoms. The summed E-state index contributed by atoms with van der Waals surface area (Å²) >= 11 is 1.55. The molecule has 6 heteroatoms. The van der Waals surface area contributed by atoms with Gasteiger partial charge in [0, 0.05) is 24.5 Å². The maximum Gasteiger partial charge on any atom is 0.315 e. The van der Waals surface area contributed by atoms with Gasteiger partial charge in [-0.05, 0) is 40.8 Å². The first-order valence-corrected chi connectivity index (χ1v) is 7.81. The van der Waals surface area contributed by atoms with Crippen molar-refractivity contribution < 1.29 is 9.90 Å². The summed E-state index contributed by atoms with van der Waals surface area (Å²) in [6.45, 7) is 5.38. The topological polar surface area (TPSA) is 56.7 Å². The summed E-state index contributed by atoms with van der Waals surface area (Å²) in [4.78, 5) is 20.4. The van der Waals surface area contributed by atoms with Crippen molar-refractivity contribution in [1.29, 1.82) is 0 Å². The highest BCUT2D eigenvalue weighted by Crippen LogP contribution is 2.31. The molecule has 0 spiro atoms. The molecule has 0 amide bonds. The average molecular weight is 297 g/mol. The van der Waals surface area contributed by atoms with Gasteiger partial charge in [0.25, 0.3) is 0 Å². The van der Waals surface area contributed by atoms with E-state index in [0.29, 0.717) is 11.7 Å². The number of carboxylic acid groups (broad SMARTS) is 1. The van der Waals surface area contributed by atoms with Gasteiger partial charge in [-0.1, -0.05) is 0 Å². The van der Waals surface area contributed by atoms with E-state index in [1.165, 1.54) is 0 Å². The second kappa shape index (κ2) is 5.69. The zero-order chi connectivity index (χ0) is 14.9. The highest BCUT2D eigenvalue weighted by atomic mass is 32.1. The molecule has 0 atom stereocenters. The summed E-state index contributed by atoms with van der Waals surface area (Å²) < 4.78 is 0. The quantitative estimate of drug-likeness (QED) is 0.921. The Morgan fingerprint density at radius 1 is 1.45 bits per heavy atom. The lowest BCUT2D eigenvalue weighted by molar-refractivity contribution is -0.142. The van der Waals surface area contributed by atoms with Crippen LogP contribution in [-0.2, 0) is 10.2 Å². The Kier molecular flexibility index (Phi) is 4.34. The van der Waals surface area contributed by atoms with Gasteiger partial charge < -0.3 is 14.9 Å². The maximum absolute atomic E-state index is 11.3. The third kappa shape index (κ3) is 2.96. The molecular weight excluding hydrogens is 274 g/mol. The Morgan fingerprint density at radius 3 is 2.55 bits per heavy atom. The number of rotatable bonds is 4. The minimum atomic E-state index is -0.920. The monoisotopic (exact) mass is 297 g/mol. The Morgan fingerprint density at radius 2 is 2.05 bits per heavy atom. The molecule has 1 aliphatic heterocycles. The molecule has 0 saturated carbocycles. The molecule has 1 aliphatic rings. The SMILES string of the molecule is CN(C)C1CCN(c2nc(C(C)(C)C(=O)O)cs2)CC1. The minimum absolute atomic E-state index is 0.640. The molecule has 0 unspecified atom stereocenters. The van der Waals surface area contributed by atoms with Gasteiger partial charge in [-0.2, -0.15) is 0 Å². The zero-order valence-electron chi connectivity index (χ0n) is 12.6. The van der Waals surface area contributed by atoms with Crippen LogP contribution in [0.4, 0.5) is 5.13 Å². The second-order valence-corrected chi connectivity index (χ2v) is 6.96. The molecule has 1 aromatic heterocycles. The lowest BCUT2D eigenvalue weighted by atomic mass is 9.90. The van der Waals surface area contributed by atoms with Gasteiger partial charge in [0.2, 0.25) is 0 Å². The summed E-state index contributed by atoms with van der Waals surface area (Å²) in [6, 6.07) is 0.640. The van der Waals surface area contributed by atoms with Crippen molar-refractivity contribution in [3.8, 4) is 0 Å². The lowest BCUT2D eigenvalue weighted by Crippen LogP contribution is -2.42. The van der Waals surface area contributed by atoms with Crippen LogP contribution in [0.1, 0.15) is 32.4 Å². The van der Waals surface area contributed by atoms with Crippen LogP contribution in [0.15, 0.2) is 5.38 Å². The van der Waals surface area contributed by atoms with Gasteiger partial charge in [-0.25, -0.2) is 4.98 Å². The second-order valence-electron chi connectivity index (χ2n) is 6.13. The number of carbonyl (C=O) groups is 1. The van der Waals surface area contributed by atoms with Crippen LogP contribution in [0.2, 0.25) is 0 Å². The van der Waals surface area contributed by atoms with Gasteiger partial charge in [-0.15, -0.1) is 11.3 Å². The zero-order valence-corrected chi connectivity index (χ0v) is 13.4. The van der Waals surface area contributed by atoms with Crippen LogP contribution in [0.25, 0.3) is 0 Å². The third-order valence-electron chi connectivity index (χ3n) is 4.13. The molecule has 1 N–H and O–H groups in total. The van der Waals surface area contributed by atoms with Crippen LogP contribution in [-0.4, -0.2) is 54.2 Å². The molecular formula is C14H23N3O2S. The van der Waals surface area contributed by atoms with Gasteiger partial charge in [0.05, 0.1) is 5.69 Å². The Bertz CT molecular complexity index is 477. The lowest BCUT2D eigenvalue weighted by Gasteiger charge is -2.35. The Balaban J connectivity index is 2.06. The molecule has 2 heterocycles. The molecule has 2 rings (SSSR count). The van der Waals surface area contributed by atoms with Crippen LogP contribution < -0.4 is 4.90 Å². The molecule has 20 heavy (non-hydrogen) atoms.